The Morgan fingerprint density at radius 3 is 2.89 bits per heavy atom. The zero-order valence-electron chi connectivity index (χ0n) is 15.4. The van der Waals surface area contributed by atoms with Gasteiger partial charge in [0.2, 0.25) is 5.91 Å². The number of hydrogen-bond donors (Lipinski definition) is 2. The molecule has 1 amide bonds. The van der Waals surface area contributed by atoms with Crippen LogP contribution in [0.15, 0.2) is 48.8 Å². The van der Waals surface area contributed by atoms with E-state index in [1.807, 2.05) is 48.1 Å². The van der Waals surface area contributed by atoms with Gasteiger partial charge in [-0.15, -0.1) is 0 Å². The summed E-state index contributed by atoms with van der Waals surface area (Å²) in [5.41, 5.74) is 2.98. The van der Waals surface area contributed by atoms with Crippen LogP contribution in [0.3, 0.4) is 0 Å². The van der Waals surface area contributed by atoms with Crippen molar-refractivity contribution in [1.29, 1.82) is 0 Å². The molecule has 0 aliphatic heterocycles. The number of aromatic nitrogens is 3. The third-order valence-corrected chi connectivity index (χ3v) is 5.39. The van der Waals surface area contributed by atoms with E-state index in [0.717, 1.165) is 22.2 Å². The van der Waals surface area contributed by atoms with Gasteiger partial charge in [-0.2, -0.15) is 5.10 Å². The maximum Gasteiger partial charge on any atom is 0.222 e. The van der Waals surface area contributed by atoms with Gasteiger partial charge in [0.25, 0.3) is 0 Å². The summed E-state index contributed by atoms with van der Waals surface area (Å²) in [6, 6.07) is 11.9. The summed E-state index contributed by atoms with van der Waals surface area (Å²) in [6.07, 6.45) is 5.10. The zero-order valence-corrected chi connectivity index (χ0v) is 15.4. The van der Waals surface area contributed by atoms with Gasteiger partial charge in [-0.1, -0.05) is 18.2 Å². The number of amides is 1. The first-order valence-corrected chi connectivity index (χ1v) is 9.40. The monoisotopic (exact) mass is 364 g/mol. The van der Waals surface area contributed by atoms with Gasteiger partial charge in [-0.05, 0) is 49.4 Å². The van der Waals surface area contributed by atoms with Crippen molar-refractivity contribution in [3.8, 4) is 0 Å². The summed E-state index contributed by atoms with van der Waals surface area (Å²) in [5, 5.41) is 18.2. The molecule has 0 bridgehead atoms. The van der Waals surface area contributed by atoms with E-state index < -0.39 is 0 Å². The van der Waals surface area contributed by atoms with Crippen molar-refractivity contribution in [2.45, 2.75) is 44.9 Å². The largest absolute Gasteiger partial charge is 0.393 e. The van der Waals surface area contributed by atoms with E-state index in [2.05, 4.69) is 21.5 Å². The lowest BCUT2D eigenvalue weighted by Crippen LogP contribution is -2.41. The maximum atomic E-state index is 12.6. The molecule has 1 aliphatic rings. The summed E-state index contributed by atoms with van der Waals surface area (Å²) < 4.78 is 1.83. The van der Waals surface area contributed by atoms with Gasteiger partial charge in [-0.25, -0.2) is 0 Å². The Morgan fingerprint density at radius 1 is 1.33 bits per heavy atom. The second-order valence-corrected chi connectivity index (χ2v) is 7.34. The Morgan fingerprint density at radius 2 is 2.15 bits per heavy atom. The minimum absolute atomic E-state index is 0.00977. The van der Waals surface area contributed by atoms with Crippen LogP contribution in [0, 0.1) is 12.8 Å². The number of aliphatic hydroxyl groups excluding tert-OH is 1. The van der Waals surface area contributed by atoms with Crippen LogP contribution in [-0.4, -0.2) is 31.9 Å². The fraction of sp³-hybridized carbons (Fsp3) is 0.381. The maximum absolute atomic E-state index is 12.6. The number of benzene rings is 1. The van der Waals surface area contributed by atoms with Gasteiger partial charge in [-0.3, -0.25) is 14.5 Å². The van der Waals surface area contributed by atoms with E-state index in [4.69, 9.17) is 0 Å². The van der Waals surface area contributed by atoms with Gasteiger partial charge < -0.3 is 10.4 Å². The van der Waals surface area contributed by atoms with Crippen molar-refractivity contribution >= 4 is 16.8 Å². The summed E-state index contributed by atoms with van der Waals surface area (Å²) in [6.45, 7) is 2.53. The van der Waals surface area contributed by atoms with Gasteiger partial charge in [0.15, 0.2) is 0 Å². The number of carbonyl (C=O) groups is 1. The Kier molecular flexibility index (Phi) is 4.90. The predicted octanol–water partition coefficient (Wildman–Crippen LogP) is 2.76. The van der Waals surface area contributed by atoms with Gasteiger partial charge in [0.05, 0.1) is 17.7 Å². The van der Waals surface area contributed by atoms with E-state index >= 15 is 0 Å². The van der Waals surface area contributed by atoms with Crippen molar-refractivity contribution in [3.05, 3.63) is 60.0 Å². The molecule has 27 heavy (non-hydrogen) atoms. The number of hydrogen-bond acceptors (Lipinski definition) is 4. The Hall–Kier alpha value is -2.73. The van der Waals surface area contributed by atoms with Crippen molar-refractivity contribution in [3.63, 3.8) is 0 Å². The third kappa shape index (κ3) is 3.85. The topological polar surface area (TPSA) is 80.0 Å². The Labute approximate surface area is 158 Å². The van der Waals surface area contributed by atoms with Crippen molar-refractivity contribution in [2.24, 2.45) is 5.92 Å². The van der Waals surface area contributed by atoms with E-state index in [1.54, 1.807) is 6.20 Å². The molecule has 1 aromatic carbocycles. The first kappa shape index (κ1) is 17.7. The first-order chi connectivity index (χ1) is 13.1. The minimum atomic E-state index is -0.269. The normalized spacial score (nSPS) is 20.2. The quantitative estimate of drug-likeness (QED) is 0.705. The second-order valence-electron chi connectivity index (χ2n) is 7.34. The summed E-state index contributed by atoms with van der Waals surface area (Å²) in [5.74, 6) is 0.225. The van der Waals surface area contributed by atoms with Crippen LogP contribution < -0.4 is 5.32 Å². The molecule has 1 saturated carbocycles. The highest BCUT2D eigenvalue weighted by Crippen LogP contribution is 2.38. The van der Waals surface area contributed by atoms with Gasteiger partial charge in [0.1, 0.15) is 0 Å². The zero-order chi connectivity index (χ0) is 18.8. The van der Waals surface area contributed by atoms with Crippen molar-refractivity contribution in [1.82, 2.24) is 20.1 Å². The average molecular weight is 364 g/mol. The number of aryl methyl sites for hydroxylation is 2. The molecule has 140 valence electrons. The number of carbonyl (C=O) groups excluding carboxylic acids is 1. The standard InChI is InChI=1S/C21H24N4O2/c1-14-6-8-23-25(14)9-7-20(27)24-21(16-11-18(26)12-16)17-10-15-4-2-3-5-19(15)22-13-17/h2-6,8,10,13,16,18,21,26H,7,9,11-12H2,1H3,(H,24,27). The van der Waals surface area contributed by atoms with Crippen LogP contribution in [0.4, 0.5) is 0 Å². The highest BCUT2D eigenvalue weighted by molar-refractivity contribution is 5.80. The van der Waals surface area contributed by atoms with Crippen LogP contribution in [0.5, 0.6) is 0 Å². The second kappa shape index (κ2) is 7.48. The summed E-state index contributed by atoms with van der Waals surface area (Å²) in [4.78, 5) is 17.1. The fourth-order valence-corrected chi connectivity index (χ4v) is 3.72. The molecule has 3 aromatic rings. The lowest BCUT2D eigenvalue weighted by Gasteiger charge is -2.38. The van der Waals surface area contributed by atoms with Crippen LogP contribution in [0.25, 0.3) is 10.9 Å². The number of pyridine rings is 1. The molecule has 0 radical (unpaired) electrons. The molecule has 1 fully saturated rings. The molecule has 2 N–H and O–H groups in total. The highest BCUT2D eigenvalue weighted by atomic mass is 16.3. The summed E-state index contributed by atoms with van der Waals surface area (Å²) in [7, 11) is 0. The smallest absolute Gasteiger partial charge is 0.222 e. The van der Waals surface area contributed by atoms with Crippen molar-refractivity contribution < 1.29 is 9.90 Å². The minimum Gasteiger partial charge on any atom is -0.393 e. The van der Waals surface area contributed by atoms with Crippen molar-refractivity contribution in [2.75, 3.05) is 0 Å². The molecule has 0 spiro atoms. The Balaban J connectivity index is 1.50. The fourth-order valence-electron chi connectivity index (χ4n) is 3.72. The molecular formula is C21H24N4O2. The summed E-state index contributed by atoms with van der Waals surface area (Å²) >= 11 is 0. The Bertz CT molecular complexity index is 946. The number of rotatable bonds is 6. The van der Waals surface area contributed by atoms with Crippen LogP contribution in [0.1, 0.15) is 36.6 Å². The van der Waals surface area contributed by atoms with Gasteiger partial charge >= 0.3 is 0 Å². The van der Waals surface area contributed by atoms with E-state index in [-0.39, 0.29) is 24.0 Å². The highest BCUT2D eigenvalue weighted by Gasteiger charge is 2.35. The lowest BCUT2D eigenvalue weighted by molar-refractivity contribution is -0.123. The molecule has 0 saturated heterocycles. The molecule has 6 heteroatoms. The molecular weight excluding hydrogens is 340 g/mol. The lowest BCUT2D eigenvalue weighted by atomic mass is 9.75. The number of aliphatic hydroxyl groups is 1. The van der Waals surface area contributed by atoms with Crippen LogP contribution in [-0.2, 0) is 11.3 Å². The van der Waals surface area contributed by atoms with Crippen LogP contribution >= 0.6 is 0 Å². The molecule has 4 rings (SSSR count). The molecule has 2 aromatic heterocycles. The van der Waals surface area contributed by atoms with E-state index in [0.29, 0.717) is 25.8 Å². The van der Waals surface area contributed by atoms with Gasteiger partial charge in [0, 0.05) is 36.4 Å². The number of nitrogens with zero attached hydrogens (tertiary/aromatic N) is 3. The molecule has 1 atom stereocenters. The molecule has 2 heterocycles. The first-order valence-electron chi connectivity index (χ1n) is 9.40. The molecule has 1 aliphatic carbocycles. The van der Waals surface area contributed by atoms with Crippen LogP contribution in [0.2, 0.25) is 0 Å². The predicted molar refractivity (Wildman–Crippen MR) is 103 cm³/mol. The number of nitrogens with one attached hydrogen (secondary N) is 1. The molecule has 6 nitrogen and oxygen atoms in total. The number of para-hydroxylation sites is 1. The van der Waals surface area contributed by atoms with E-state index in [9.17, 15) is 9.90 Å². The number of fused-ring (bicyclic) bond motifs is 1. The average Bonchev–Trinajstić information content (AvgIpc) is 3.06. The van der Waals surface area contributed by atoms with E-state index in [1.165, 1.54) is 0 Å². The third-order valence-electron chi connectivity index (χ3n) is 5.39. The SMILES string of the molecule is Cc1ccnn1CCC(=O)NC(c1cnc2ccccc2c1)C1CC(O)C1. The molecule has 1 unspecified atom stereocenters.